The van der Waals surface area contributed by atoms with Crippen LogP contribution in [0, 0.1) is 5.92 Å². The molecule has 0 spiro atoms. The minimum atomic E-state index is -1.02. The van der Waals surface area contributed by atoms with Crippen molar-refractivity contribution >= 4 is 13.8 Å². The maximum absolute atomic E-state index is 5.86. The molecule has 108 valence electrons. The van der Waals surface area contributed by atoms with E-state index >= 15 is 0 Å². The lowest BCUT2D eigenvalue weighted by atomic mass is 10.5. The smallest absolute Gasteiger partial charge is 0.256 e. The summed E-state index contributed by atoms with van der Waals surface area (Å²) in [5, 5.41) is 4.30. The van der Waals surface area contributed by atoms with Crippen LogP contribution in [-0.2, 0) is 11.5 Å². The van der Waals surface area contributed by atoms with Gasteiger partial charge in [-0.2, -0.15) is 0 Å². The number of nitrogens with zero attached hydrogens (tertiary/aromatic N) is 2. The summed E-state index contributed by atoms with van der Waals surface area (Å²) in [4.78, 5) is 0. The van der Waals surface area contributed by atoms with Gasteiger partial charge in [-0.05, 0) is 24.8 Å². The van der Waals surface area contributed by atoms with E-state index in [0.29, 0.717) is 24.2 Å². The van der Waals surface area contributed by atoms with Crippen molar-refractivity contribution in [2.75, 3.05) is 18.9 Å². The molecule has 0 bridgehead atoms. The Morgan fingerprint density at radius 1 is 1.42 bits per heavy atom. The lowest BCUT2D eigenvalue weighted by Gasteiger charge is -2.15. The van der Waals surface area contributed by atoms with E-state index in [9.17, 15) is 0 Å². The summed E-state index contributed by atoms with van der Waals surface area (Å²) in [5.74, 6) is 1.25. The van der Waals surface area contributed by atoms with Gasteiger partial charge in [0.15, 0.2) is 0 Å². The van der Waals surface area contributed by atoms with Gasteiger partial charge in [0.25, 0.3) is 5.88 Å². The Morgan fingerprint density at radius 3 is 2.79 bits per heavy atom. The fourth-order valence-corrected chi connectivity index (χ4v) is 2.37. The summed E-state index contributed by atoms with van der Waals surface area (Å²) in [5.41, 5.74) is 6.46. The molecule has 0 atom stereocenters. The molecular formula is C13H25N3O2Si. The minimum absolute atomic E-state index is 0.446. The molecular weight excluding hydrogens is 258 g/mol. The Bertz CT molecular complexity index is 411. The first-order chi connectivity index (χ1) is 8.94. The molecule has 1 aliphatic carbocycles. The van der Waals surface area contributed by atoms with Crippen LogP contribution in [0.5, 0.6) is 5.88 Å². The molecule has 1 heterocycles. The Morgan fingerprint density at radius 2 is 2.16 bits per heavy atom. The first kappa shape index (κ1) is 14.4. The van der Waals surface area contributed by atoms with Gasteiger partial charge in [-0.15, -0.1) is 5.10 Å². The van der Waals surface area contributed by atoms with E-state index < -0.39 is 8.07 Å². The van der Waals surface area contributed by atoms with Crippen molar-refractivity contribution in [3.63, 3.8) is 0 Å². The summed E-state index contributed by atoms with van der Waals surface area (Å²) in [6.07, 6.45) is 4.30. The second kappa shape index (κ2) is 5.96. The van der Waals surface area contributed by atoms with E-state index in [4.69, 9.17) is 15.2 Å². The van der Waals surface area contributed by atoms with E-state index in [-0.39, 0.29) is 0 Å². The van der Waals surface area contributed by atoms with Crippen molar-refractivity contribution in [2.24, 2.45) is 5.92 Å². The first-order valence-electron chi connectivity index (χ1n) is 6.97. The summed E-state index contributed by atoms with van der Waals surface area (Å²) >= 11 is 0. The van der Waals surface area contributed by atoms with Gasteiger partial charge in [0.05, 0.1) is 12.8 Å². The SMILES string of the molecule is C[Si](C)(C)CCOCn1cc(N)c(OCC2CC2)n1. The van der Waals surface area contributed by atoms with Crippen molar-refractivity contribution < 1.29 is 9.47 Å². The van der Waals surface area contributed by atoms with Gasteiger partial charge < -0.3 is 15.2 Å². The fraction of sp³-hybridized carbons (Fsp3) is 0.769. The molecule has 0 aliphatic heterocycles. The van der Waals surface area contributed by atoms with Crippen LogP contribution in [0.1, 0.15) is 12.8 Å². The molecule has 0 amide bonds. The van der Waals surface area contributed by atoms with Gasteiger partial charge in [-0.25, -0.2) is 4.68 Å². The Labute approximate surface area is 116 Å². The van der Waals surface area contributed by atoms with Crippen LogP contribution in [-0.4, -0.2) is 31.1 Å². The summed E-state index contributed by atoms with van der Waals surface area (Å²) in [7, 11) is -1.02. The highest BCUT2D eigenvalue weighted by atomic mass is 28.3. The van der Waals surface area contributed by atoms with Crippen LogP contribution in [0.4, 0.5) is 5.69 Å². The third-order valence-electron chi connectivity index (χ3n) is 3.13. The number of hydrogen-bond donors (Lipinski definition) is 1. The molecule has 0 radical (unpaired) electrons. The normalized spacial score (nSPS) is 15.7. The van der Waals surface area contributed by atoms with Crippen molar-refractivity contribution in [3.8, 4) is 5.88 Å². The highest BCUT2D eigenvalue weighted by Crippen LogP contribution is 2.30. The summed E-state index contributed by atoms with van der Waals surface area (Å²) in [6.45, 7) is 8.98. The first-order valence-corrected chi connectivity index (χ1v) is 10.7. The number of nitrogen functional groups attached to an aromatic ring is 1. The number of nitrogens with two attached hydrogens (primary N) is 1. The highest BCUT2D eigenvalue weighted by molar-refractivity contribution is 6.76. The molecule has 1 saturated carbocycles. The average molecular weight is 283 g/mol. The number of anilines is 1. The van der Waals surface area contributed by atoms with E-state index in [2.05, 4.69) is 24.7 Å². The topological polar surface area (TPSA) is 62.3 Å². The van der Waals surface area contributed by atoms with Crippen LogP contribution < -0.4 is 10.5 Å². The zero-order chi connectivity index (χ0) is 13.9. The van der Waals surface area contributed by atoms with E-state index in [1.54, 1.807) is 10.9 Å². The van der Waals surface area contributed by atoms with Crippen molar-refractivity contribution in [3.05, 3.63) is 6.20 Å². The predicted molar refractivity (Wildman–Crippen MR) is 79.0 cm³/mol. The standard InChI is InChI=1S/C13H25N3O2Si/c1-19(2,3)7-6-17-10-16-8-12(14)13(15-16)18-9-11-4-5-11/h8,11H,4-7,9-10,14H2,1-3H3. The maximum atomic E-state index is 5.86. The Hall–Kier alpha value is -1.01. The van der Waals surface area contributed by atoms with Crippen LogP contribution >= 0.6 is 0 Å². The molecule has 0 unspecified atom stereocenters. The zero-order valence-electron chi connectivity index (χ0n) is 12.2. The van der Waals surface area contributed by atoms with Gasteiger partial charge in [0.2, 0.25) is 0 Å². The number of hydrogen-bond acceptors (Lipinski definition) is 4. The van der Waals surface area contributed by atoms with Crippen LogP contribution in [0.3, 0.4) is 0 Å². The van der Waals surface area contributed by atoms with Crippen molar-refractivity contribution in [2.45, 2.75) is 45.3 Å². The molecule has 0 aromatic carbocycles. The molecule has 5 nitrogen and oxygen atoms in total. The Balaban J connectivity index is 1.72. The number of rotatable bonds is 8. The third kappa shape index (κ3) is 5.24. The molecule has 1 aromatic rings. The fourth-order valence-electron chi connectivity index (χ4n) is 1.62. The number of ether oxygens (including phenoxy) is 2. The van der Waals surface area contributed by atoms with Gasteiger partial charge >= 0.3 is 0 Å². The van der Waals surface area contributed by atoms with Crippen LogP contribution in [0.15, 0.2) is 6.20 Å². The second-order valence-corrected chi connectivity index (χ2v) is 12.2. The minimum Gasteiger partial charge on any atom is -0.475 e. The van der Waals surface area contributed by atoms with Gasteiger partial charge in [-0.1, -0.05) is 19.6 Å². The van der Waals surface area contributed by atoms with E-state index in [0.717, 1.165) is 19.3 Å². The van der Waals surface area contributed by atoms with E-state index in [1.807, 2.05) is 0 Å². The predicted octanol–water partition coefficient (Wildman–Crippen LogP) is 2.57. The second-order valence-electron chi connectivity index (χ2n) is 6.53. The van der Waals surface area contributed by atoms with E-state index in [1.165, 1.54) is 12.8 Å². The third-order valence-corrected chi connectivity index (χ3v) is 4.83. The van der Waals surface area contributed by atoms with Gasteiger partial charge in [-0.3, -0.25) is 0 Å². The number of aromatic nitrogens is 2. The summed E-state index contributed by atoms with van der Waals surface area (Å²) < 4.78 is 12.9. The quantitative estimate of drug-likeness (QED) is 0.588. The molecule has 2 rings (SSSR count). The van der Waals surface area contributed by atoms with Crippen molar-refractivity contribution in [1.29, 1.82) is 0 Å². The molecule has 19 heavy (non-hydrogen) atoms. The van der Waals surface area contributed by atoms with Crippen molar-refractivity contribution in [1.82, 2.24) is 9.78 Å². The van der Waals surface area contributed by atoms with Gasteiger partial charge in [0, 0.05) is 14.7 Å². The highest BCUT2D eigenvalue weighted by Gasteiger charge is 2.23. The largest absolute Gasteiger partial charge is 0.475 e. The average Bonchev–Trinajstić information content (AvgIpc) is 3.06. The zero-order valence-corrected chi connectivity index (χ0v) is 13.2. The molecule has 1 fully saturated rings. The molecule has 1 aliphatic rings. The monoisotopic (exact) mass is 283 g/mol. The molecule has 2 N–H and O–H groups in total. The van der Waals surface area contributed by atoms with Crippen LogP contribution in [0.25, 0.3) is 0 Å². The Kier molecular flexibility index (Phi) is 4.52. The lowest BCUT2D eigenvalue weighted by Crippen LogP contribution is -2.22. The maximum Gasteiger partial charge on any atom is 0.256 e. The molecule has 0 saturated heterocycles. The van der Waals surface area contributed by atoms with Gasteiger partial charge in [0.1, 0.15) is 12.4 Å². The molecule has 1 aromatic heterocycles. The summed E-state index contributed by atoms with van der Waals surface area (Å²) in [6, 6.07) is 1.16. The lowest BCUT2D eigenvalue weighted by molar-refractivity contribution is 0.0774. The molecule has 6 heteroatoms. The van der Waals surface area contributed by atoms with Crippen LogP contribution in [0.2, 0.25) is 25.7 Å².